The monoisotopic (exact) mass is 502 g/mol. The van der Waals surface area contributed by atoms with Gasteiger partial charge in [-0.2, -0.15) is 0 Å². The lowest BCUT2D eigenvalue weighted by Gasteiger charge is -2.43. The third-order valence-corrected chi connectivity index (χ3v) is 5.81. The van der Waals surface area contributed by atoms with E-state index in [2.05, 4.69) is 0 Å². The molecule has 0 spiro atoms. The van der Waals surface area contributed by atoms with Crippen LogP contribution in [0.25, 0.3) is 6.08 Å². The summed E-state index contributed by atoms with van der Waals surface area (Å²) in [6.07, 6.45) is -10.7. The van der Waals surface area contributed by atoms with E-state index in [4.69, 9.17) is 23.7 Å². The maximum absolute atomic E-state index is 12.1. The summed E-state index contributed by atoms with van der Waals surface area (Å²) in [7, 11) is 1.53. The average Bonchev–Trinajstić information content (AvgIpc) is 3.12. The molecule has 0 saturated carbocycles. The quantitative estimate of drug-likeness (QED) is 0.132. The molecule has 2 fully saturated rings. The molecule has 2 saturated heterocycles. The molecule has 9 atom stereocenters. The number of carbonyl (C=O) groups is 1. The Kier molecular flexibility index (Phi) is 9.17. The van der Waals surface area contributed by atoms with Crippen molar-refractivity contribution in [1.29, 1.82) is 0 Å². The summed E-state index contributed by atoms with van der Waals surface area (Å²) in [5.41, 5.74) is 0.691. The molecule has 7 N–H and O–H groups in total. The van der Waals surface area contributed by atoms with Crippen LogP contribution in [-0.2, 0) is 23.7 Å². The van der Waals surface area contributed by atoms with Crippen LogP contribution >= 0.6 is 0 Å². The predicted molar refractivity (Wildman–Crippen MR) is 115 cm³/mol. The first-order valence-corrected chi connectivity index (χ1v) is 10.8. The Hall–Kier alpha value is -2.17. The highest BCUT2D eigenvalue weighted by Gasteiger charge is 2.58. The van der Waals surface area contributed by atoms with Gasteiger partial charge in [0.1, 0.15) is 61.7 Å². The minimum Gasteiger partial charge on any atom is -0.497 e. The highest BCUT2D eigenvalue weighted by Crippen LogP contribution is 2.36. The molecule has 1 aromatic rings. The first-order chi connectivity index (χ1) is 16.7. The summed E-state index contributed by atoms with van der Waals surface area (Å²) in [6, 6.07) is 6.84. The molecule has 13 heteroatoms. The van der Waals surface area contributed by atoms with Gasteiger partial charge in [0, 0.05) is 6.08 Å². The summed E-state index contributed by atoms with van der Waals surface area (Å²) < 4.78 is 26.2. The van der Waals surface area contributed by atoms with Crippen molar-refractivity contribution in [2.24, 2.45) is 0 Å². The van der Waals surface area contributed by atoms with E-state index in [9.17, 15) is 40.5 Å². The average molecular weight is 502 g/mol. The van der Waals surface area contributed by atoms with Crippen LogP contribution in [0.5, 0.6) is 5.75 Å². The van der Waals surface area contributed by atoms with Gasteiger partial charge in [0.05, 0.1) is 13.7 Å². The third kappa shape index (κ3) is 5.98. The van der Waals surface area contributed by atoms with Crippen LogP contribution in [0.4, 0.5) is 0 Å². The molecule has 0 amide bonds. The van der Waals surface area contributed by atoms with Crippen molar-refractivity contribution in [3.63, 3.8) is 0 Å². The van der Waals surface area contributed by atoms with E-state index in [-0.39, 0.29) is 0 Å². The SMILES string of the molecule is COc1ccc(/C=C/C(=O)OC[C@H]2O[C@H](O[C@]3(CO)O[C@H](CO)[C@@H](O)[C@@H]3O)[C@H](O)[C@@H](O)[C@@H]2O)cc1. The Morgan fingerprint density at radius 2 is 1.69 bits per heavy atom. The molecule has 0 aliphatic carbocycles. The molecule has 35 heavy (non-hydrogen) atoms. The fraction of sp³-hybridized carbons (Fsp3) is 0.591. The van der Waals surface area contributed by atoms with Crippen LogP contribution < -0.4 is 4.74 Å². The Balaban J connectivity index is 1.63. The van der Waals surface area contributed by atoms with Gasteiger partial charge < -0.3 is 59.4 Å². The maximum atomic E-state index is 12.1. The van der Waals surface area contributed by atoms with Gasteiger partial charge in [-0.1, -0.05) is 12.1 Å². The number of ether oxygens (including phenoxy) is 5. The van der Waals surface area contributed by atoms with Crippen LogP contribution in [0.2, 0.25) is 0 Å². The van der Waals surface area contributed by atoms with Crippen molar-refractivity contribution >= 4 is 12.0 Å². The Bertz CT molecular complexity index is 861. The van der Waals surface area contributed by atoms with Gasteiger partial charge in [0.25, 0.3) is 0 Å². The number of rotatable bonds is 9. The zero-order valence-electron chi connectivity index (χ0n) is 18.8. The van der Waals surface area contributed by atoms with Gasteiger partial charge in [-0.25, -0.2) is 4.79 Å². The van der Waals surface area contributed by atoms with Gasteiger partial charge in [-0.15, -0.1) is 0 Å². The van der Waals surface area contributed by atoms with Crippen molar-refractivity contribution in [2.75, 3.05) is 26.9 Å². The number of hydrogen-bond donors (Lipinski definition) is 7. The fourth-order valence-corrected chi connectivity index (χ4v) is 3.71. The van der Waals surface area contributed by atoms with Crippen molar-refractivity contribution in [2.45, 2.75) is 54.8 Å². The van der Waals surface area contributed by atoms with E-state index < -0.39 is 80.6 Å². The molecule has 2 aliphatic rings. The molecule has 0 unspecified atom stereocenters. The summed E-state index contributed by atoms with van der Waals surface area (Å²) in [5.74, 6) is -2.45. The fourth-order valence-electron chi connectivity index (χ4n) is 3.71. The Morgan fingerprint density at radius 1 is 1.00 bits per heavy atom. The molecule has 1 aromatic carbocycles. The van der Waals surface area contributed by atoms with E-state index in [1.54, 1.807) is 24.3 Å². The van der Waals surface area contributed by atoms with Gasteiger partial charge >= 0.3 is 5.97 Å². The Labute approximate surface area is 200 Å². The largest absolute Gasteiger partial charge is 0.497 e. The summed E-state index contributed by atoms with van der Waals surface area (Å²) in [4.78, 5) is 12.1. The molecule has 0 radical (unpaired) electrons. The van der Waals surface area contributed by atoms with Crippen molar-refractivity contribution in [3.8, 4) is 5.75 Å². The number of methoxy groups -OCH3 is 1. The number of carbonyl (C=O) groups excluding carboxylic acids is 1. The molecule has 3 rings (SSSR count). The molecule has 2 aliphatic heterocycles. The second-order valence-corrected chi connectivity index (χ2v) is 8.11. The first kappa shape index (κ1) is 27.4. The summed E-state index contributed by atoms with van der Waals surface area (Å²) in [6.45, 7) is -2.27. The van der Waals surface area contributed by atoms with E-state index in [0.717, 1.165) is 6.08 Å². The summed E-state index contributed by atoms with van der Waals surface area (Å²) >= 11 is 0. The van der Waals surface area contributed by atoms with E-state index >= 15 is 0 Å². The smallest absolute Gasteiger partial charge is 0.330 e. The van der Waals surface area contributed by atoms with E-state index in [0.29, 0.717) is 11.3 Å². The van der Waals surface area contributed by atoms with Crippen molar-refractivity contribution in [1.82, 2.24) is 0 Å². The van der Waals surface area contributed by atoms with Crippen molar-refractivity contribution in [3.05, 3.63) is 35.9 Å². The topological polar surface area (TPSA) is 205 Å². The van der Waals surface area contributed by atoms with Crippen molar-refractivity contribution < 1.29 is 64.2 Å². The zero-order chi connectivity index (χ0) is 25.8. The van der Waals surface area contributed by atoms with E-state index in [1.165, 1.54) is 13.2 Å². The van der Waals surface area contributed by atoms with Crippen LogP contribution in [0, 0.1) is 0 Å². The second-order valence-electron chi connectivity index (χ2n) is 8.11. The molecule has 13 nitrogen and oxygen atoms in total. The number of aliphatic hydroxyl groups excluding tert-OH is 7. The van der Waals surface area contributed by atoms with Crippen LogP contribution in [0.15, 0.2) is 30.3 Å². The number of aliphatic hydroxyl groups is 7. The van der Waals surface area contributed by atoms with Crippen LogP contribution in [0.1, 0.15) is 5.56 Å². The Morgan fingerprint density at radius 3 is 2.26 bits per heavy atom. The third-order valence-electron chi connectivity index (χ3n) is 5.81. The maximum Gasteiger partial charge on any atom is 0.330 e. The lowest BCUT2D eigenvalue weighted by atomic mass is 9.99. The number of hydrogen-bond acceptors (Lipinski definition) is 13. The predicted octanol–water partition coefficient (Wildman–Crippen LogP) is -3.12. The van der Waals surface area contributed by atoms with Gasteiger partial charge in [-0.3, -0.25) is 0 Å². The molecule has 196 valence electrons. The molecular weight excluding hydrogens is 472 g/mol. The molecule has 0 aromatic heterocycles. The highest BCUT2D eigenvalue weighted by atomic mass is 16.8. The normalized spacial score (nSPS) is 37.5. The van der Waals surface area contributed by atoms with Crippen LogP contribution in [-0.4, -0.2) is 123 Å². The zero-order valence-corrected chi connectivity index (χ0v) is 18.8. The molecular formula is C22H30O13. The van der Waals surface area contributed by atoms with Gasteiger partial charge in [0.2, 0.25) is 5.79 Å². The number of benzene rings is 1. The standard InChI is InChI=1S/C22H30O13/c1-31-12-5-2-11(3-6-12)4-7-15(25)32-9-14-16(26)18(28)19(29)21(33-14)35-22(10-24)20(30)17(27)13(8-23)34-22/h2-7,13-14,16-21,23-24,26-30H,8-10H2,1H3/b7-4+/t13-,14-,16-,17-,18+,19-,20+,21-,22+/m1/s1. The molecule has 0 bridgehead atoms. The van der Waals surface area contributed by atoms with Crippen LogP contribution in [0.3, 0.4) is 0 Å². The lowest BCUT2D eigenvalue weighted by molar-refractivity contribution is -0.383. The lowest BCUT2D eigenvalue weighted by Crippen LogP contribution is -2.62. The van der Waals surface area contributed by atoms with E-state index in [1.807, 2.05) is 0 Å². The minimum atomic E-state index is -2.30. The summed E-state index contributed by atoms with van der Waals surface area (Å²) in [5, 5.41) is 70.0. The van der Waals surface area contributed by atoms with Gasteiger partial charge in [-0.05, 0) is 23.8 Å². The molecule has 2 heterocycles. The van der Waals surface area contributed by atoms with Gasteiger partial charge in [0.15, 0.2) is 6.29 Å². The number of esters is 1. The minimum absolute atomic E-state index is 0.548. The highest BCUT2D eigenvalue weighted by molar-refractivity contribution is 5.87. The second kappa shape index (κ2) is 11.7. The first-order valence-electron chi connectivity index (χ1n) is 10.8.